The molecule has 2 amide bonds. The smallest absolute Gasteiger partial charge is 0.317 e. The number of likely N-dealkylation sites (tertiary alicyclic amines) is 1. The van der Waals surface area contributed by atoms with Gasteiger partial charge in [-0.05, 0) is 44.1 Å². The van der Waals surface area contributed by atoms with Crippen LogP contribution in [0.3, 0.4) is 0 Å². The molecular weight excluding hydrogens is 336 g/mol. The summed E-state index contributed by atoms with van der Waals surface area (Å²) in [6, 6.07) is 8.36. The molecule has 1 saturated carbocycles. The maximum absolute atomic E-state index is 12.5. The molecule has 0 spiro atoms. The lowest BCUT2D eigenvalue weighted by atomic mass is 9.85. The summed E-state index contributed by atoms with van der Waals surface area (Å²) in [5, 5.41) is 3.06. The first kappa shape index (κ1) is 18.1. The van der Waals surface area contributed by atoms with Gasteiger partial charge in [-0.25, -0.2) is 9.78 Å². The number of urea groups is 1. The van der Waals surface area contributed by atoms with Crippen LogP contribution in [0.1, 0.15) is 55.0 Å². The first-order valence-electron chi connectivity index (χ1n) is 10.3. The van der Waals surface area contributed by atoms with Crippen LogP contribution in [0.5, 0.6) is 0 Å². The standard InChI is InChI=1S/C22H30N4O/c1-17-5-7-18(8-6-17)15-24-22(27)25-12-9-20(10-13-25)21-23-11-14-26(21)16-19-3-2-4-19/h5-8,11,14,19-20H,2-4,9-10,12-13,15-16H2,1H3,(H,24,27). The molecule has 2 fully saturated rings. The Morgan fingerprint density at radius 3 is 2.56 bits per heavy atom. The molecule has 5 heteroatoms. The summed E-state index contributed by atoms with van der Waals surface area (Å²) in [5.74, 6) is 2.54. The summed E-state index contributed by atoms with van der Waals surface area (Å²) in [5.41, 5.74) is 2.38. The van der Waals surface area contributed by atoms with E-state index in [0.717, 1.165) is 44.0 Å². The SMILES string of the molecule is Cc1ccc(CNC(=O)N2CCC(c3nccn3CC3CCC3)CC2)cc1. The number of carbonyl (C=O) groups is 1. The van der Waals surface area contributed by atoms with Crippen molar-refractivity contribution in [2.24, 2.45) is 5.92 Å². The third kappa shape index (κ3) is 4.34. The molecule has 1 N–H and O–H groups in total. The summed E-state index contributed by atoms with van der Waals surface area (Å²) in [6.45, 7) is 5.39. The molecule has 0 unspecified atom stereocenters. The lowest BCUT2D eigenvalue weighted by Crippen LogP contribution is -2.44. The number of benzene rings is 1. The molecule has 0 radical (unpaired) electrons. The first-order chi connectivity index (χ1) is 13.2. The fourth-order valence-electron chi connectivity index (χ4n) is 4.12. The number of nitrogens with one attached hydrogen (secondary N) is 1. The Kier molecular flexibility index (Phi) is 5.46. The quantitative estimate of drug-likeness (QED) is 0.867. The van der Waals surface area contributed by atoms with Gasteiger partial charge in [0.2, 0.25) is 0 Å². The molecule has 1 aliphatic heterocycles. The largest absolute Gasteiger partial charge is 0.334 e. The van der Waals surface area contributed by atoms with Crippen molar-refractivity contribution in [3.05, 3.63) is 53.6 Å². The van der Waals surface area contributed by atoms with Gasteiger partial charge in [0.15, 0.2) is 0 Å². The van der Waals surface area contributed by atoms with Crippen LogP contribution in [-0.2, 0) is 13.1 Å². The van der Waals surface area contributed by atoms with Crippen LogP contribution in [0.2, 0.25) is 0 Å². The minimum absolute atomic E-state index is 0.0480. The fourth-order valence-corrected chi connectivity index (χ4v) is 4.12. The Labute approximate surface area is 161 Å². The van der Waals surface area contributed by atoms with Gasteiger partial charge in [-0.3, -0.25) is 0 Å². The summed E-state index contributed by atoms with van der Waals surface area (Å²) in [7, 11) is 0. The number of hydrogen-bond acceptors (Lipinski definition) is 2. The van der Waals surface area contributed by atoms with Crippen LogP contribution >= 0.6 is 0 Å². The van der Waals surface area contributed by atoms with Crippen LogP contribution in [0.4, 0.5) is 4.79 Å². The van der Waals surface area contributed by atoms with E-state index in [1.54, 1.807) is 0 Å². The highest BCUT2D eigenvalue weighted by atomic mass is 16.2. The molecule has 1 aromatic heterocycles. The van der Waals surface area contributed by atoms with Crippen LogP contribution in [-0.4, -0.2) is 33.6 Å². The van der Waals surface area contributed by atoms with Gasteiger partial charge in [0.25, 0.3) is 0 Å². The average molecular weight is 367 g/mol. The number of aromatic nitrogens is 2. The second-order valence-corrected chi connectivity index (χ2v) is 8.14. The second kappa shape index (κ2) is 8.15. The van der Waals surface area contributed by atoms with Crippen LogP contribution in [0.25, 0.3) is 0 Å². The zero-order valence-electron chi connectivity index (χ0n) is 16.2. The van der Waals surface area contributed by atoms with Crippen LogP contribution in [0.15, 0.2) is 36.7 Å². The number of amides is 2. The van der Waals surface area contributed by atoms with Crippen molar-refractivity contribution in [1.29, 1.82) is 0 Å². The normalized spacial score (nSPS) is 18.3. The highest BCUT2D eigenvalue weighted by Gasteiger charge is 2.27. The number of imidazole rings is 1. The van der Waals surface area contributed by atoms with Gasteiger partial charge in [-0.1, -0.05) is 36.2 Å². The third-order valence-corrected chi connectivity index (χ3v) is 6.14. The molecule has 27 heavy (non-hydrogen) atoms. The van der Waals surface area contributed by atoms with E-state index < -0.39 is 0 Å². The van der Waals surface area contributed by atoms with E-state index >= 15 is 0 Å². The Bertz CT molecular complexity index is 755. The predicted molar refractivity (Wildman–Crippen MR) is 107 cm³/mol. The van der Waals surface area contributed by atoms with Gasteiger partial charge in [0.1, 0.15) is 5.82 Å². The van der Waals surface area contributed by atoms with Crippen molar-refractivity contribution >= 4 is 6.03 Å². The molecule has 1 aliphatic carbocycles. The van der Waals surface area contributed by atoms with Gasteiger partial charge >= 0.3 is 6.03 Å². The van der Waals surface area contributed by atoms with Crippen molar-refractivity contribution < 1.29 is 4.79 Å². The number of carbonyl (C=O) groups excluding carboxylic acids is 1. The van der Waals surface area contributed by atoms with E-state index in [0.29, 0.717) is 12.5 Å². The van der Waals surface area contributed by atoms with E-state index in [4.69, 9.17) is 0 Å². The van der Waals surface area contributed by atoms with E-state index in [-0.39, 0.29) is 6.03 Å². The molecule has 2 heterocycles. The lowest BCUT2D eigenvalue weighted by molar-refractivity contribution is 0.178. The highest BCUT2D eigenvalue weighted by molar-refractivity contribution is 5.74. The fraction of sp³-hybridized carbons (Fsp3) is 0.545. The molecule has 4 rings (SSSR count). The van der Waals surface area contributed by atoms with E-state index in [1.165, 1.54) is 30.7 Å². The van der Waals surface area contributed by atoms with Gasteiger partial charge in [0, 0.05) is 44.5 Å². The number of aryl methyl sites for hydroxylation is 1. The molecule has 5 nitrogen and oxygen atoms in total. The van der Waals surface area contributed by atoms with Gasteiger partial charge in [-0.2, -0.15) is 0 Å². The number of hydrogen-bond donors (Lipinski definition) is 1. The summed E-state index contributed by atoms with van der Waals surface area (Å²) in [4.78, 5) is 19.1. The van der Waals surface area contributed by atoms with E-state index in [2.05, 4.69) is 52.3 Å². The molecule has 1 aromatic carbocycles. The predicted octanol–water partition coefficient (Wildman–Crippen LogP) is 4.08. The maximum atomic E-state index is 12.5. The third-order valence-electron chi connectivity index (χ3n) is 6.14. The number of nitrogens with zero attached hydrogens (tertiary/aromatic N) is 3. The maximum Gasteiger partial charge on any atom is 0.317 e. The first-order valence-corrected chi connectivity index (χ1v) is 10.3. The van der Waals surface area contributed by atoms with Crippen molar-refractivity contribution in [3.8, 4) is 0 Å². The van der Waals surface area contributed by atoms with Crippen molar-refractivity contribution in [2.45, 2.75) is 58.0 Å². The average Bonchev–Trinajstić information content (AvgIpc) is 3.12. The van der Waals surface area contributed by atoms with Gasteiger partial charge < -0.3 is 14.8 Å². The van der Waals surface area contributed by atoms with Crippen LogP contribution < -0.4 is 5.32 Å². The van der Waals surface area contributed by atoms with E-state index in [1.807, 2.05) is 11.1 Å². The number of piperidine rings is 1. The summed E-state index contributed by atoms with van der Waals surface area (Å²) >= 11 is 0. The number of rotatable bonds is 5. The Morgan fingerprint density at radius 1 is 1.15 bits per heavy atom. The molecule has 0 bridgehead atoms. The molecule has 1 saturated heterocycles. The Morgan fingerprint density at radius 2 is 1.89 bits per heavy atom. The molecule has 0 atom stereocenters. The summed E-state index contributed by atoms with van der Waals surface area (Å²) < 4.78 is 2.36. The molecule has 2 aromatic rings. The second-order valence-electron chi connectivity index (χ2n) is 8.14. The molecule has 2 aliphatic rings. The Hall–Kier alpha value is -2.30. The molecule has 144 valence electrons. The van der Waals surface area contributed by atoms with Crippen molar-refractivity contribution in [2.75, 3.05) is 13.1 Å². The Balaban J connectivity index is 1.26. The highest BCUT2D eigenvalue weighted by Crippen LogP contribution is 2.31. The van der Waals surface area contributed by atoms with E-state index in [9.17, 15) is 4.79 Å². The van der Waals surface area contributed by atoms with Gasteiger partial charge in [-0.15, -0.1) is 0 Å². The van der Waals surface area contributed by atoms with Crippen molar-refractivity contribution in [1.82, 2.24) is 19.8 Å². The van der Waals surface area contributed by atoms with Gasteiger partial charge in [0.05, 0.1) is 0 Å². The zero-order chi connectivity index (χ0) is 18.6. The lowest BCUT2D eigenvalue weighted by Gasteiger charge is -2.33. The summed E-state index contributed by atoms with van der Waals surface area (Å²) in [6.07, 6.45) is 10.2. The minimum atomic E-state index is 0.0480. The van der Waals surface area contributed by atoms with Crippen LogP contribution in [0, 0.1) is 12.8 Å². The zero-order valence-corrected chi connectivity index (χ0v) is 16.2. The topological polar surface area (TPSA) is 50.2 Å². The minimum Gasteiger partial charge on any atom is -0.334 e. The monoisotopic (exact) mass is 366 g/mol. The molecular formula is C22H30N4O. The van der Waals surface area contributed by atoms with Crippen molar-refractivity contribution in [3.63, 3.8) is 0 Å².